The van der Waals surface area contributed by atoms with Gasteiger partial charge in [0.1, 0.15) is 11.5 Å². The molecule has 0 aliphatic carbocycles. The van der Waals surface area contributed by atoms with Gasteiger partial charge in [-0.1, -0.05) is 26.0 Å². The number of aromatic amines is 1. The number of nitro benzene ring substituents is 1. The number of nitro groups is 1. The molecule has 2 aromatic carbocycles. The molecule has 3 aromatic rings. The van der Waals surface area contributed by atoms with Gasteiger partial charge < -0.3 is 15.2 Å². The van der Waals surface area contributed by atoms with E-state index in [1.165, 1.54) is 6.07 Å². The standard InChI is InChI=1S/C22H25N5O3/c1-14-9-15(2)13-26(12-14)19-8-7-16(10-20(19)27(29)30)22(28)23-11-21-24-17-5-3-4-6-18(17)25-21/h3-8,10,14-15H,9,11-13H2,1-2H3,(H,23,28)(H,24,25). The number of hydrogen-bond acceptors (Lipinski definition) is 5. The number of carbonyl (C=O) groups is 1. The maximum absolute atomic E-state index is 12.6. The number of rotatable bonds is 5. The molecule has 1 fully saturated rings. The highest BCUT2D eigenvalue weighted by Crippen LogP contribution is 2.33. The average molecular weight is 407 g/mol. The van der Waals surface area contributed by atoms with Crippen molar-refractivity contribution in [1.82, 2.24) is 15.3 Å². The molecule has 2 heterocycles. The van der Waals surface area contributed by atoms with Crippen LogP contribution >= 0.6 is 0 Å². The molecule has 4 rings (SSSR count). The molecule has 0 radical (unpaired) electrons. The van der Waals surface area contributed by atoms with Crippen LogP contribution in [0.2, 0.25) is 0 Å². The first-order valence-corrected chi connectivity index (χ1v) is 10.2. The highest BCUT2D eigenvalue weighted by molar-refractivity contribution is 5.95. The summed E-state index contributed by atoms with van der Waals surface area (Å²) >= 11 is 0. The second-order valence-electron chi connectivity index (χ2n) is 8.19. The summed E-state index contributed by atoms with van der Waals surface area (Å²) in [6, 6.07) is 12.3. The third kappa shape index (κ3) is 4.12. The highest BCUT2D eigenvalue weighted by Gasteiger charge is 2.27. The molecule has 2 N–H and O–H groups in total. The third-order valence-electron chi connectivity index (χ3n) is 5.50. The van der Waals surface area contributed by atoms with Gasteiger partial charge >= 0.3 is 0 Å². The molecular formula is C22H25N5O3. The maximum Gasteiger partial charge on any atom is 0.293 e. The summed E-state index contributed by atoms with van der Waals surface area (Å²) in [5.74, 6) is 1.21. The molecule has 0 saturated carbocycles. The lowest BCUT2D eigenvalue weighted by Crippen LogP contribution is -2.39. The van der Waals surface area contributed by atoms with E-state index in [9.17, 15) is 14.9 Å². The highest BCUT2D eigenvalue weighted by atomic mass is 16.6. The van der Waals surface area contributed by atoms with E-state index < -0.39 is 4.92 Å². The van der Waals surface area contributed by atoms with Gasteiger partial charge in [-0.05, 0) is 42.5 Å². The molecule has 30 heavy (non-hydrogen) atoms. The van der Waals surface area contributed by atoms with Gasteiger partial charge in [0.15, 0.2) is 0 Å². The number of imidazole rings is 1. The van der Waals surface area contributed by atoms with E-state index >= 15 is 0 Å². The van der Waals surface area contributed by atoms with Crippen LogP contribution in [-0.4, -0.2) is 33.9 Å². The van der Waals surface area contributed by atoms with Crippen LogP contribution in [0.25, 0.3) is 11.0 Å². The van der Waals surface area contributed by atoms with Crippen molar-refractivity contribution >= 4 is 28.3 Å². The lowest BCUT2D eigenvalue weighted by atomic mass is 9.91. The van der Waals surface area contributed by atoms with Gasteiger partial charge in [0, 0.05) is 24.7 Å². The van der Waals surface area contributed by atoms with Crippen LogP contribution in [0.15, 0.2) is 42.5 Å². The third-order valence-corrected chi connectivity index (χ3v) is 5.50. The van der Waals surface area contributed by atoms with Crippen LogP contribution in [0.4, 0.5) is 11.4 Å². The number of anilines is 1. The SMILES string of the molecule is CC1CC(C)CN(c2ccc(C(=O)NCc3nc4ccccc4[nH]3)cc2[N+](=O)[O-])C1. The quantitative estimate of drug-likeness (QED) is 0.493. The number of aromatic nitrogens is 2. The predicted octanol–water partition coefficient (Wildman–Crippen LogP) is 3.88. The fraction of sp³-hybridized carbons (Fsp3) is 0.364. The molecule has 8 heteroatoms. The fourth-order valence-corrected chi connectivity index (χ4v) is 4.29. The topological polar surface area (TPSA) is 104 Å². The first-order valence-electron chi connectivity index (χ1n) is 10.2. The summed E-state index contributed by atoms with van der Waals surface area (Å²) in [4.78, 5) is 33.6. The smallest absolute Gasteiger partial charge is 0.293 e. The molecule has 8 nitrogen and oxygen atoms in total. The lowest BCUT2D eigenvalue weighted by Gasteiger charge is -2.36. The van der Waals surface area contributed by atoms with Crippen molar-refractivity contribution in [1.29, 1.82) is 0 Å². The van der Waals surface area contributed by atoms with Crippen LogP contribution in [0.1, 0.15) is 36.5 Å². The summed E-state index contributed by atoms with van der Waals surface area (Å²) in [7, 11) is 0. The van der Waals surface area contributed by atoms with E-state index in [1.807, 2.05) is 24.3 Å². The molecule has 1 amide bonds. The number of H-pyrrole nitrogens is 1. The van der Waals surface area contributed by atoms with E-state index in [4.69, 9.17) is 0 Å². The number of piperidine rings is 1. The first-order chi connectivity index (χ1) is 14.4. The number of fused-ring (bicyclic) bond motifs is 1. The van der Waals surface area contributed by atoms with E-state index in [2.05, 4.69) is 34.0 Å². The summed E-state index contributed by atoms with van der Waals surface area (Å²) in [5, 5.41) is 14.5. The van der Waals surface area contributed by atoms with Crippen molar-refractivity contribution in [3.05, 3.63) is 64.0 Å². The number of amides is 1. The van der Waals surface area contributed by atoms with Crippen LogP contribution < -0.4 is 10.2 Å². The minimum Gasteiger partial charge on any atom is -0.365 e. The zero-order chi connectivity index (χ0) is 21.3. The van der Waals surface area contributed by atoms with Crippen molar-refractivity contribution in [3.8, 4) is 0 Å². The summed E-state index contributed by atoms with van der Waals surface area (Å²) < 4.78 is 0. The number of hydrogen-bond donors (Lipinski definition) is 2. The van der Waals surface area contributed by atoms with Gasteiger partial charge in [-0.3, -0.25) is 14.9 Å². The van der Waals surface area contributed by atoms with Gasteiger partial charge in [0.05, 0.1) is 22.5 Å². The van der Waals surface area contributed by atoms with Crippen molar-refractivity contribution in [2.24, 2.45) is 11.8 Å². The second-order valence-corrected chi connectivity index (χ2v) is 8.19. The number of nitrogens with zero attached hydrogens (tertiary/aromatic N) is 3. The van der Waals surface area contributed by atoms with Gasteiger partial charge in [0.2, 0.25) is 0 Å². The zero-order valence-electron chi connectivity index (χ0n) is 17.1. The first kappa shape index (κ1) is 19.9. The normalized spacial score (nSPS) is 19.1. The minimum atomic E-state index is -0.407. The maximum atomic E-state index is 12.6. The molecule has 1 aromatic heterocycles. The van der Waals surface area contributed by atoms with Crippen LogP contribution in [-0.2, 0) is 6.54 Å². The Kier molecular flexibility index (Phi) is 5.39. The number of carbonyl (C=O) groups excluding carboxylic acids is 1. The average Bonchev–Trinajstić information content (AvgIpc) is 3.14. The number of para-hydroxylation sites is 2. The number of benzene rings is 2. The summed E-state index contributed by atoms with van der Waals surface area (Å²) in [6.45, 7) is 6.10. The van der Waals surface area contributed by atoms with Crippen LogP contribution in [0.5, 0.6) is 0 Å². The lowest BCUT2D eigenvalue weighted by molar-refractivity contribution is -0.384. The van der Waals surface area contributed by atoms with Crippen LogP contribution in [0.3, 0.4) is 0 Å². The van der Waals surface area contributed by atoms with E-state index in [0.29, 0.717) is 23.3 Å². The second kappa shape index (κ2) is 8.14. The Hall–Kier alpha value is -3.42. The van der Waals surface area contributed by atoms with Gasteiger partial charge in [-0.25, -0.2) is 4.98 Å². The van der Waals surface area contributed by atoms with E-state index in [0.717, 1.165) is 30.5 Å². The van der Waals surface area contributed by atoms with Crippen LogP contribution in [0, 0.1) is 22.0 Å². The van der Waals surface area contributed by atoms with Crippen molar-refractivity contribution in [2.45, 2.75) is 26.8 Å². The Bertz CT molecular complexity index is 1050. The molecule has 1 aliphatic heterocycles. The summed E-state index contributed by atoms with van der Waals surface area (Å²) in [6.07, 6.45) is 1.12. The monoisotopic (exact) mass is 407 g/mol. The molecule has 0 bridgehead atoms. The summed E-state index contributed by atoms with van der Waals surface area (Å²) in [5.41, 5.74) is 2.53. The Morgan fingerprint density at radius 3 is 2.67 bits per heavy atom. The number of nitrogens with one attached hydrogen (secondary N) is 2. The van der Waals surface area contributed by atoms with Crippen molar-refractivity contribution in [3.63, 3.8) is 0 Å². The molecule has 2 unspecified atom stereocenters. The zero-order valence-corrected chi connectivity index (χ0v) is 17.1. The Morgan fingerprint density at radius 2 is 1.97 bits per heavy atom. The largest absolute Gasteiger partial charge is 0.365 e. The Labute approximate surface area is 174 Å². The Morgan fingerprint density at radius 1 is 1.23 bits per heavy atom. The fourth-order valence-electron chi connectivity index (χ4n) is 4.29. The minimum absolute atomic E-state index is 0.0345. The van der Waals surface area contributed by atoms with Crippen molar-refractivity contribution < 1.29 is 9.72 Å². The van der Waals surface area contributed by atoms with E-state index in [1.54, 1.807) is 12.1 Å². The van der Waals surface area contributed by atoms with E-state index in [-0.39, 0.29) is 23.7 Å². The molecule has 0 spiro atoms. The molecule has 2 atom stereocenters. The molecular weight excluding hydrogens is 382 g/mol. The molecule has 1 saturated heterocycles. The van der Waals surface area contributed by atoms with Crippen molar-refractivity contribution in [2.75, 3.05) is 18.0 Å². The van der Waals surface area contributed by atoms with Gasteiger partial charge in [-0.15, -0.1) is 0 Å². The Balaban J connectivity index is 1.51. The molecule has 156 valence electrons. The molecule has 1 aliphatic rings. The predicted molar refractivity (Wildman–Crippen MR) is 116 cm³/mol. The van der Waals surface area contributed by atoms with Gasteiger partial charge in [-0.2, -0.15) is 0 Å². The van der Waals surface area contributed by atoms with Gasteiger partial charge in [0.25, 0.3) is 11.6 Å².